The van der Waals surface area contributed by atoms with Crippen molar-refractivity contribution in [3.05, 3.63) is 65.5 Å². The number of nitrogens with zero attached hydrogens (tertiary/aromatic N) is 2. The highest BCUT2D eigenvalue weighted by molar-refractivity contribution is 6.09. The number of amides is 1. The lowest BCUT2D eigenvalue weighted by molar-refractivity contribution is -0.112. The van der Waals surface area contributed by atoms with E-state index in [0.29, 0.717) is 12.4 Å². The first-order valence-corrected chi connectivity index (χ1v) is 8.92. The maximum Gasteiger partial charge on any atom is 0.340 e. The Hall–Kier alpha value is -3.66. The van der Waals surface area contributed by atoms with Crippen LogP contribution in [-0.2, 0) is 9.53 Å². The second-order valence-corrected chi connectivity index (χ2v) is 5.97. The summed E-state index contributed by atoms with van der Waals surface area (Å²) in [6.07, 6.45) is 4.56. The van der Waals surface area contributed by atoms with Crippen LogP contribution in [0, 0.1) is 18.3 Å². The molecule has 0 aliphatic rings. The molecule has 0 aliphatic carbocycles. The number of hydrogen-bond acceptors (Lipinski definition) is 6. The summed E-state index contributed by atoms with van der Waals surface area (Å²) in [7, 11) is 0. The molecule has 28 heavy (non-hydrogen) atoms. The van der Waals surface area contributed by atoms with E-state index >= 15 is 0 Å². The van der Waals surface area contributed by atoms with Crippen LogP contribution in [0.25, 0.3) is 0 Å². The molecule has 7 nitrogen and oxygen atoms in total. The number of rotatable bonds is 8. The van der Waals surface area contributed by atoms with Crippen LogP contribution >= 0.6 is 0 Å². The van der Waals surface area contributed by atoms with E-state index in [9.17, 15) is 14.9 Å². The third-order valence-electron chi connectivity index (χ3n) is 3.85. The molecule has 0 bridgehead atoms. The van der Waals surface area contributed by atoms with E-state index in [1.165, 1.54) is 6.20 Å². The molecule has 2 rings (SSSR count). The lowest BCUT2D eigenvalue weighted by Gasteiger charge is -2.11. The molecule has 7 heteroatoms. The van der Waals surface area contributed by atoms with Gasteiger partial charge in [-0.2, -0.15) is 5.26 Å². The van der Waals surface area contributed by atoms with E-state index in [2.05, 4.69) is 15.6 Å². The number of unbranched alkanes of at least 4 members (excludes halogenated alkanes) is 1. The third kappa shape index (κ3) is 5.68. The minimum absolute atomic E-state index is 0.154. The van der Waals surface area contributed by atoms with Gasteiger partial charge >= 0.3 is 5.97 Å². The van der Waals surface area contributed by atoms with Crippen molar-refractivity contribution < 1.29 is 14.3 Å². The number of hydrogen-bond donors (Lipinski definition) is 2. The van der Waals surface area contributed by atoms with Crippen molar-refractivity contribution in [3.63, 3.8) is 0 Å². The SMILES string of the molecule is CCCCOC(=O)c1ccccc1NC(=O)/C(C#N)=C\Nc1ncccc1C. The fourth-order valence-corrected chi connectivity index (χ4v) is 2.27. The Labute approximate surface area is 164 Å². The van der Waals surface area contributed by atoms with Crippen LogP contribution in [0.5, 0.6) is 0 Å². The largest absolute Gasteiger partial charge is 0.462 e. The van der Waals surface area contributed by atoms with Crippen LogP contribution in [0.3, 0.4) is 0 Å². The third-order valence-corrected chi connectivity index (χ3v) is 3.85. The summed E-state index contributed by atoms with van der Waals surface area (Å²) in [6, 6.07) is 12.0. The highest BCUT2D eigenvalue weighted by Gasteiger charge is 2.16. The standard InChI is InChI=1S/C21H22N4O3/c1-3-4-12-28-21(27)17-9-5-6-10-18(17)25-20(26)16(13-22)14-24-19-15(2)8-7-11-23-19/h5-11,14H,3-4,12H2,1-2H3,(H,23,24)(H,25,26)/b16-14-. The number of para-hydroxylation sites is 1. The zero-order chi connectivity index (χ0) is 20.4. The molecule has 0 atom stereocenters. The first-order chi connectivity index (χ1) is 13.6. The Morgan fingerprint density at radius 1 is 1.25 bits per heavy atom. The molecule has 2 aromatic rings. The zero-order valence-electron chi connectivity index (χ0n) is 15.9. The second kappa shape index (κ2) is 10.5. The van der Waals surface area contributed by atoms with E-state index < -0.39 is 11.9 Å². The summed E-state index contributed by atoms with van der Waals surface area (Å²) < 4.78 is 5.21. The average molecular weight is 378 g/mol. The quantitative estimate of drug-likeness (QED) is 0.313. The average Bonchev–Trinajstić information content (AvgIpc) is 2.70. The summed E-state index contributed by atoms with van der Waals surface area (Å²) in [6.45, 7) is 4.17. The van der Waals surface area contributed by atoms with Gasteiger partial charge in [0.05, 0.1) is 17.9 Å². The zero-order valence-corrected chi connectivity index (χ0v) is 15.9. The molecule has 0 aliphatic heterocycles. The molecule has 0 spiro atoms. The molecule has 2 N–H and O–H groups in total. The van der Waals surface area contributed by atoms with Gasteiger partial charge in [0, 0.05) is 12.4 Å². The minimum atomic E-state index is -0.641. The molecule has 0 unspecified atom stereocenters. The number of ether oxygens (including phenoxy) is 1. The van der Waals surface area contributed by atoms with Gasteiger partial charge in [-0.05, 0) is 37.1 Å². The summed E-state index contributed by atoms with van der Waals surface area (Å²) >= 11 is 0. The Balaban J connectivity index is 2.12. The van der Waals surface area contributed by atoms with Crippen molar-refractivity contribution in [3.8, 4) is 6.07 Å². The van der Waals surface area contributed by atoms with Gasteiger partial charge in [0.2, 0.25) is 0 Å². The van der Waals surface area contributed by atoms with Crippen molar-refractivity contribution in [2.45, 2.75) is 26.7 Å². The number of aryl methyl sites for hydroxylation is 1. The van der Waals surface area contributed by atoms with Crippen LogP contribution in [0.4, 0.5) is 11.5 Å². The van der Waals surface area contributed by atoms with Crippen molar-refractivity contribution in [2.24, 2.45) is 0 Å². The van der Waals surface area contributed by atoms with Crippen molar-refractivity contribution in [1.29, 1.82) is 5.26 Å². The Kier molecular flexibility index (Phi) is 7.73. The number of carbonyl (C=O) groups is 2. The minimum Gasteiger partial charge on any atom is -0.462 e. The molecule has 0 radical (unpaired) electrons. The van der Waals surface area contributed by atoms with Crippen LogP contribution in [-0.4, -0.2) is 23.5 Å². The smallest absolute Gasteiger partial charge is 0.340 e. The lowest BCUT2D eigenvalue weighted by atomic mass is 10.1. The number of pyridine rings is 1. The van der Waals surface area contributed by atoms with Gasteiger partial charge in [-0.25, -0.2) is 9.78 Å². The Morgan fingerprint density at radius 2 is 2.04 bits per heavy atom. The van der Waals surface area contributed by atoms with Crippen LogP contribution < -0.4 is 10.6 Å². The molecule has 1 aromatic heterocycles. The van der Waals surface area contributed by atoms with Gasteiger partial charge < -0.3 is 15.4 Å². The Morgan fingerprint density at radius 3 is 2.75 bits per heavy atom. The predicted molar refractivity (Wildman–Crippen MR) is 107 cm³/mol. The lowest BCUT2D eigenvalue weighted by Crippen LogP contribution is -2.18. The molecule has 1 amide bonds. The van der Waals surface area contributed by atoms with Crippen LogP contribution in [0.1, 0.15) is 35.7 Å². The highest BCUT2D eigenvalue weighted by atomic mass is 16.5. The maximum absolute atomic E-state index is 12.5. The van der Waals surface area contributed by atoms with E-state index in [0.717, 1.165) is 18.4 Å². The number of esters is 1. The molecule has 1 heterocycles. The van der Waals surface area contributed by atoms with Gasteiger partial charge in [0.1, 0.15) is 17.5 Å². The van der Waals surface area contributed by atoms with Crippen LogP contribution in [0.2, 0.25) is 0 Å². The number of nitrogens with one attached hydrogen (secondary N) is 2. The molecule has 1 aromatic carbocycles. The number of benzene rings is 1. The summed E-state index contributed by atoms with van der Waals surface area (Å²) in [4.78, 5) is 28.8. The fourth-order valence-electron chi connectivity index (χ4n) is 2.27. The first kappa shape index (κ1) is 20.6. The number of anilines is 2. The molecule has 0 fully saturated rings. The molecule has 0 saturated heterocycles. The fraction of sp³-hybridized carbons (Fsp3) is 0.238. The van der Waals surface area contributed by atoms with Crippen molar-refractivity contribution in [2.75, 3.05) is 17.2 Å². The Bertz CT molecular complexity index is 916. The normalized spacial score (nSPS) is 10.7. The number of carbonyl (C=O) groups excluding carboxylic acids is 2. The maximum atomic E-state index is 12.5. The predicted octanol–water partition coefficient (Wildman–Crippen LogP) is 3.81. The van der Waals surface area contributed by atoms with Gasteiger partial charge in [-0.15, -0.1) is 0 Å². The molecular formula is C21H22N4O3. The molecule has 0 saturated carbocycles. The van der Waals surface area contributed by atoms with E-state index in [-0.39, 0.29) is 16.8 Å². The summed E-state index contributed by atoms with van der Waals surface area (Å²) in [5.41, 5.74) is 1.23. The summed E-state index contributed by atoms with van der Waals surface area (Å²) in [5.74, 6) is -0.616. The first-order valence-electron chi connectivity index (χ1n) is 8.92. The molecule has 144 valence electrons. The van der Waals surface area contributed by atoms with Crippen molar-refractivity contribution in [1.82, 2.24) is 4.98 Å². The van der Waals surface area contributed by atoms with Gasteiger partial charge in [0.15, 0.2) is 0 Å². The van der Waals surface area contributed by atoms with Gasteiger partial charge in [0.25, 0.3) is 5.91 Å². The topological polar surface area (TPSA) is 104 Å². The van der Waals surface area contributed by atoms with E-state index in [1.807, 2.05) is 26.0 Å². The van der Waals surface area contributed by atoms with Gasteiger partial charge in [-0.1, -0.05) is 31.5 Å². The van der Waals surface area contributed by atoms with Crippen molar-refractivity contribution >= 4 is 23.4 Å². The second-order valence-electron chi connectivity index (χ2n) is 5.97. The number of aromatic nitrogens is 1. The van der Waals surface area contributed by atoms with Gasteiger partial charge in [-0.3, -0.25) is 4.79 Å². The number of nitriles is 1. The monoisotopic (exact) mass is 378 g/mol. The van der Waals surface area contributed by atoms with E-state index in [4.69, 9.17) is 4.74 Å². The summed E-state index contributed by atoms with van der Waals surface area (Å²) in [5, 5.41) is 14.8. The molecular weight excluding hydrogens is 356 g/mol. The highest BCUT2D eigenvalue weighted by Crippen LogP contribution is 2.18. The van der Waals surface area contributed by atoms with Crippen LogP contribution in [0.15, 0.2) is 54.4 Å². The van der Waals surface area contributed by atoms with E-state index in [1.54, 1.807) is 36.5 Å².